The van der Waals surface area contributed by atoms with Crippen molar-refractivity contribution in [3.8, 4) is 0 Å². The molecule has 0 rings (SSSR count). The number of hydrogen-bond donors (Lipinski definition) is 0. The average molecular weight is 877 g/mol. The van der Waals surface area contributed by atoms with Crippen LogP contribution in [-0.4, -0.2) is 37.2 Å². The molecular formula is C56H108O6. The van der Waals surface area contributed by atoms with Crippen molar-refractivity contribution >= 4 is 17.9 Å². The summed E-state index contributed by atoms with van der Waals surface area (Å²) < 4.78 is 16.8. The van der Waals surface area contributed by atoms with Crippen LogP contribution >= 0.6 is 0 Å². The van der Waals surface area contributed by atoms with E-state index in [9.17, 15) is 14.4 Å². The molecule has 368 valence electrons. The molecule has 6 nitrogen and oxygen atoms in total. The van der Waals surface area contributed by atoms with Gasteiger partial charge in [0.05, 0.1) is 0 Å². The minimum atomic E-state index is -0.763. The van der Waals surface area contributed by atoms with E-state index in [1.807, 2.05) is 0 Å². The van der Waals surface area contributed by atoms with Gasteiger partial charge in [-0.05, 0) is 37.0 Å². The van der Waals surface area contributed by atoms with E-state index in [0.29, 0.717) is 19.3 Å². The zero-order chi connectivity index (χ0) is 45.6. The zero-order valence-corrected chi connectivity index (χ0v) is 42.7. The van der Waals surface area contributed by atoms with Gasteiger partial charge < -0.3 is 14.2 Å². The Morgan fingerprint density at radius 2 is 0.565 bits per heavy atom. The van der Waals surface area contributed by atoms with E-state index in [-0.39, 0.29) is 31.1 Å². The first-order chi connectivity index (χ1) is 30.1. The fraction of sp³-hybridized carbons (Fsp3) is 0.946. The van der Waals surface area contributed by atoms with Crippen molar-refractivity contribution in [2.45, 2.75) is 311 Å². The van der Waals surface area contributed by atoms with Crippen molar-refractivity contribution in [3.05, 3.63) is 0 Å². The number of esters is 3. The summed E-state index contributed by atoms with van der Waals surface area (Å²) in [6.45, 7) is 13.7. The molecule has 0 saturated heterocycles. The molecule has 2 atom stereocenters. The van der Waals surface area contributed by atoms with Gasteiger partial charge in [-0.1, -0.05) is 266 Å². The minimum Gasteiger partial charge on any atom is -0.462 e. The molecule has 0 aromatic rings. The van der Waals surface area contributed by atoms with Crippen LogP contribution in [0.15, 0.2) is 0 Å². The maximum absolute atomic E-state index is 12.8. The number of rotatable bonds is 49. The fourth-order valence-electron chi connectivity index (χ4n) is 8.44. The Hall–Kier alpha value is -1.59. The summed E-state index contributed by atoms with van der Waals surface area (Å²) in [6, 6.07) is 0. The molecule has 0 radical (unpaired) electrons. The molecule has 0 saturated carbocycles. The summed E-state index contributed by atoms with van der Waals surface area (Å²) in [4.78, 5) is 38.0. The zero-order valence-electron chi connectivity index (χ0n) is 42.7. The second-order valence-electron chi connectivity index (χ2n) is 20.4. The first kappa shape index (κ1) is 60.4. The molecule has 0 amide bonds. The second-order valence-corrected chi connectivity index (χ2v) is 20.4. The third kappa shape index (κ3) is 47.9. The average Bonchev–Trinajstić information content (AvgIpc) is 3.24. The summed E-state index contributed by atoms with van der Waals surface area (Å²) in [6.07, 6.45) is 48.1. The molecule has 0 aliphatic heterocycles. The molecule has 0 aromatic carbocycles. The van der Waals surface area contributed by atoms with Crippen LogP contribution in [0.2, 0.25) is 0 Å². The molecule has 0 aliphatic carbocycles. The van der Waals surface area contributed by atoms with Crippen LogP contribution < -0.4 is 0 Å². The summed E-state index contributed by atoms with van der Waals surface area (Å²) in [5.41, 5.74) is 0. The van der Waals surface area contributed by atoms with E-state index < -0.39 is 6.10 Å². The summed E-state index contributed by atoms with van der Waals surface area (Å²) in [7, 11) is 0. The lowest BCUT2D eigenvalue weighted by Gasteiger charge is -2.18. The van der Waals surface area contributed by atoms with Gasteiger partial charge in [0.15, 0.2) is 6.10 Å². The Bertz CT molecular complexity index is 962. The number of carbonyl (C=O) groups excluding carboxylic acids is 3. The van der Waals surface area contributed by atoms with Crippen molar-refractivity contribution in [1.29, 1.82) is 0 Å². The highest BCUT2D eigenvalue weighted by Gasteiger charge is 2.19. The van der Waals surface area contributed by atoms with Crippen LogP contribution in [0.1, 0.15) is 305 Å². The molecule has 0 heterocycles. The molecule has 0 fully saturated rings. The van der Waals surface area contributed by atoms with Gasteiger partial charge in [-0.15, -0.1) is 0 Å². The van der Waals surface area contributed by atoms with Gasteiger partial charge in [0.2, 0.25) is 0 Å². The van der Waals surface area contributed by atoms with Crippen LogP contribution in [0, 0.1) is 17.8 Å². The Labute approximate surface area is 387 Å². The topological polar surface area (TPSA) is 78.9 Å². The van der Waals surface area contributed by atoms with Crippen LogP contribution in [0.3, 0.4) is 0 Å². The standard InChI is InChI=1S/C56H108O6/c1-7-52(6)44-38-32-28-29-34-40-46-55(58)61-49-53(62-56(59)47-41-35-27-23-19-15-11-13-17-21-25-31-37-43-51(4)5)48-60-54(57)45-39-33-26-22-18-14-10-8-9-12-16-20-24-30-36-42-50(2)3/h50-53H,7-49H2,1-6H3/t52?,53-/m1/s1. The third-order valence-electron chi connectivity index (χ3n) is 13.0. The van der Waals surface area contributed by atoms with Crippen molar-refractivity contribution in [2.24, 2.45) is 17.8 Å². The van der Waals surface area contributed by atoms with Gasteiger partial charge in [-0.3, -0.25) is 14.4 Å². The van der Waals surface area contributed by atoms with Crippen LogP contribution in [0.25, 0.3) is 0 Å². The molecule has 0 aromatic heterocycles. The first-order valence-electron chi connectivity index (χ1n) is 27.6. The van der Waals surface area contributed by atoms with E-state index in [1.165, 1.54) is 186 Å². The van der Waals surface area contributed by atoms with Crippen molar-refractivity contribution < 1.29 is 28.6 Å². The second kappa shape index (κ2) is 47.4. The van der Waals surface area contributed by atoms with E-state index >= 15 is 0 Å². The highest BCUT2D eigenvalue weighted by Crippen LogP contribution is 2.18. The molecule has 0 aliphatic rings. The predicted octanol–water partition coefficient (Wildman–Crippen LogP) is 17.9. The van der Waals surface area contributed by atoms with Crippen molar-refractivity contribution in [3.63, 3.8) is 0 Å². The summed E-state index contributed by atoms with van der Waals surface area (Å²) in [5, 5.41) is 0. The number of hydrogen-bond acceptors (Lipinski definition) is 6. The Morgan fingerprint density at radius 1 is 0.323 bits per heavy atom. The highest BCUT2D eigenvalue weighted by atomic mass is 16.6. The van der Waals surface area contributed by atoms with E-state index in [1.54, 1.807) is 0 Å². The molecule has 0 spiro atoms. The quantitative estimate of drug-likeness (QED) is 0.0344. The summed E-state index contributed by atoms with van der Waals surface area (Å²) in [5.74, 6) is 1.65. The van der Waals surface area contributed by atoms with Gasteiger partial charge in [0.25, 0.3) is 0 Å². The molecule has 0 bridgehead atoms. The molecule has 1 unspecified atom stereocenters. The van der Waals surface area contributed by atoms with E-state index in [4.69, 9.17) is 14.2 Å². The Balaban J connectivity index is 4.27. The number of carbonyl (C=O) groups is 3. The fourth-order valence-corrected chi connectivity index (χ4v) is 8.44. The van der Waals surface area contributed by atoms with Gasteiger partial charge in [-0.25, -0.2) is 0 Å². The smallest absolute Gasteiger partial charge is 0.306 e. The van der Waals surface area contributed by atoms with E-state index in [0.717, 1.165) is 75.5 Å². The van der Waals surface area contributed by atoms with Gasteiger partial charge >= 0.3 is 17.9 Å². The lowest BCUT2D eigenvalue weighted by atomic mass is 10.00. The number of ether oxygens (including phenoxy) is 3. The van der Waals surface area contributed by atoms with Crippen LogP contribution in [-0.2, 0) is 28.6 Å². The molecular weight excluding hydrogens is 769 g/mol. The monoisotopic (exact) mass is 877 g/mol. The van der Waals surface area contributed by atoms with Gasteiger partial charge in [0, 0.05) is 19.3 Å². The number of unbranched alkanes of at least 4 members (excludes halogenated alkanes) is 31. The Morgan fingerprint density at radius 3 is 0.839 bits per heavy atom. The van der Waals surface area contributed by atoms with E-state index in [2.05, 4.69) is 41.5 Å². The van der Waals surface area contributed by atoms with Crippen LogP contribution in [0.5, 0.6) is 0 Å². The van der Waals surface area contributed by atoms with Crippen LogP contribution in [0.4, 0.5) is 0 Å². The largest absolute Gasteiger partial charge is 0.462 e. The van der Waals surface area contributed by atoms with Crippen molar-refractivity contribution in [2.75, 3.05) is 13.2 Å². The minimum absolute atomic E-state index is 0.0645. The maximum Gasteiger partial charge on any atom is 0.306 e. The highest BCUT2D eigenvalue weighted by molar-refractivity contribution is 5.71. The lowest BCUT2D eigenvalue weighted by molar-refractivity contribution is -0.167. The molecule has 62 heavy (non-hydrogen) atoms. The van der Waals surface area contributed by atoms with Gasteiger partial charge in [-0.2, -0.15) is 0 Å². The van der Waals surface area contributed by atoms with Crippen molar-refractivity contribution in [1.82, 2.24) is 0 Å². The summed E-state index contributed by atoms with van der Waals surface area (Å²) >= 11 is 0. The third-order valence-corrected chi connectivity index (χ3v) is 13.0. The normalized spacial score (nSPS) is 12.6. The SMILES string of the molecule is CCC(C)CCCCCCCCC(=O)OC[C@@H](COC(=O)CCCCCCCCCCCCCCCCCC(C)C)OC(=O)CCCCCCCCCCCCCCCC(C)C. The Kier molecular flexibility index (Phi) is 46.2. The molecule has 6 heteroatoms. The molecule has 0 N–H and O–H groups in total. The first-order valence-corrected chi connectivity index (χ1v) is 27.6. The maximum atomic E-state index is 12.8. The van der Waals surface area contributed by atoms with Gasteiger partial charge in [0.1, 0.15) is 13.2 Å². The lowest BCUT2D eigenvalue weighted by Crippen LogP contribution is -2.30. The predicted molar refractivity (Wildman–Crippen MR) is 266 cm³/mol.